The molecule has 0 aliphatic rings. The number of anilines is 2. The Morgan fingerprint density at radius 2 is 2.00 bits per heavy atom. The number of hydrogen-bond donors (Lipinski definition) is 2. The lowest BCUT2D eigenvalue weighted by molar-refractivity contribution is -0.117. The van der Waals surface area contributed by atoms with Gasteiger partial charge in [-0.05, 0) is 28.6 Å². The van der Waals surface area contributed by atoms with Gasteiger partial charge in [-0.15, -0.1) is 5.10 Å². The fraction of sp³-hybridized carbons (Fsp3) is 0.182. The van der Waals surface area contributed by atoms with Gasteiger partial charge >= 0.3 is 0 Å². The highest BCUT2D eigenvalue weighted by atomic mass is 16.2. The third-order valence-corrected chi connectivity index (χ3v) is 2.16. The van der Waals surface area contributed by atoms with E-state index < -0.39 is 0 Å². The molecule has 0 radical (unpaired) electrons. The Morgan fingerprint density at radius 1 is 1.26 bits per heavy atom. The molecule has 1 aromatic carbocycles. The minimum Gasteiger partial charge on any atom is -0.326 e. The molecule has 1 aromatic heterocycles. The molecule has 2 amide bonds. The standard InChI is InChI=1S/C11H12N6O2/c1-8(18)13-9-3-2-4-10(5-9)14-11(19)6-17-7-12-15-16-17/h2-5,7H,6H2,1H3,(H,13,18)(H,14,19). The van der Waals surface area contributed by atoms with Crippen molar-refractivity contribution in [2.45, 2.75) is 13.5 Å². The molecule has 0 saturated carbocycles. The Balaban J connectivity index is 1.98. The fourth-order valence-electron chi connectivity index (χ4n) is 1.48. The van der Waals surface area contributed by atoms with Crippen LogP contribution in [0.1, 0.15) is 6.92 Å². The number of nitrogens with one attached hydrogen (secondary N) is 2. The van der Waals surface area contributed by atoms with Crippen LogP contribution in [-0.2, 0) is 16.1 Å². The number of amides is 2. The minimum absolute atomic E-state index is 0.0252. The van der Waals surface area contributed by atoms with Crippen molar-refractivity contribution < 1.29 is 9.59 Å². The van der Waals surface area contributed by atoms with Crippen molar-refractivity contribution in [3.8, 4) is 0 Å². The average molecular weight is 260 g/mol. The predicted molar refractivity (Wildman–Crippen MR) is 67.2 cm³/mol. The predicted octanol–water partition coefficient (Wildman–Crippen LogP) is 0.270. The summed E-state index contributed by atoms with van der Waals surface area (Å²) in [7, 11) is 0. The zero-order chi connectivity index (χ0) is 13.7. The van der Waals surface area contributed by atoms with Crippen LogP contribution < -0.4 is 10.6 Å². The number of carbonyl (C=O) groups excluding carboxylic acids is 2. The zero-order valence-electron chi connectivity index (χ0n) is 10.2. The number of nitrogens with zero attached hydrogens (tertiary/aromatic N) is 4. The topological polar surface area (TPSA) is 102 Å². The molecule has 0 fully saturated rings. The SMILES string of the molecule is CC(=O)Nc1cccc(NC(=O)Cn2cnnn2)c1. The van der Waals surface area contributed by atoms with E-state index in [0.29, 0.717) is 11.4 Å². The van der Waals surface area contributed by atoms with E-state index in [1.807, 2.05) is 0 Å². The van der Waals surface area contributed by atoms with Gasteiger partial charge in [0.25, 0.3) is 0 Å². The molecular formula is C11H12N6O2. The third-order valence-electron chi connectivity index (χ3n) is 2.16. The smallest absolute Gasteiger partial charge is 0.246 e. The summed E-state index contributed by atoms with van der Waals surface area (Å²) in [6.45, 7) is 1.44. The number of carbonyl (C=O) groups is 2. The van der Waals surface area contributed by atoms with E-state index in [1.54, 1.807) is 24.3 Å². The maximum absolute atomic E-state index is 11.7. The molecule has 2 rings (SSSR count). The Morgan fingerprint density at radius 3 is 2.63 bits per heavy atom. The summed E-state index contributed by atoms with van der Waals surface area (Å²) in [4.78, 5) is 22.6. The van der Waals surface area contributed by atoms with Crippen LogP contribution >= 0.6 is 0 Å². The second kappa shape index (κ2) is 5.71. The molecule has 98 valence electrons. The molecule has 0 bridgehead atoms. The van der Waals surface area contributed by atoms with Gasteiger partial charge in [0.05, 0.1) is 0 Å². The summed E-state index contributed by atoms with van der Waals surface area (Å²) in [6.07, 6.45) is 1.35. The van der Waals surface area contributed by atoms with E-state index in [0.717, 1.165) is 0 Å². The van der Waals surface area contributed by atoms with Crippen LogP contribution in [0, 0.1) is 0 Å². The average Bonchev–Trinajstić information content (AvgIpc) is 2.81. The van der Waals surface area contributed by atoms with Crippen molar-refractivity contribution in [1.29, 1.82) is 0 Å². The summed E-state index contributed by atoms with van der Waals surface area (Å²) in [5, 5.41) is 15.8. The summed E-state index contributed by atoms with van der Waals surface area (Å²) in [5.41, 5.74) is 1.21. The van der Waals surface area contributed by atoms with E-state index in [9.17, 15) is 9.59 Å². The molecule has 8 heteroatoms. The molecule has 0 aliphatic heterocycles. The van der Waals surface area contributed by atoms with E-state index >= 15 is 0 Å². The van der Waals surface area contributed by atoms with Gasteiger partial charge < -0.3 is 10.6 Å². The molecule has 2 N–H and O–H groups in total. The number of rotatable bonds is 4. The van der Waals surface area contributed by atoms with E-state index in [2.05, 4.69) is 26.2 Å². The quantitative estimate of drug-likeness (QED) is 0.821. The molecule has 0 atom stereocenters. The summed E-state index contributed by atoms with van der Waals surface area (Å²) < 4.78 is 1.31. The minimum atomic E-state index is -0.257. The third kappa shape index (κ3) is 3.87. The van der Waals surface area contributed by atoms with Crippen LogP contribution in [0.3, 0.4) is 0 Å². The van der Waals surface area contributed by atoms with Gasteiger partial charge in [0.1, 0.15) is 12.9 Å². The Hall–Kier alpha value is -2.77. The first-order chi connectivity index (χ1) is 9.13. The lowest BCUT2D eigenvalue weighted by Gasteiger charge is -2.07. The monoisotopic (exact) mass is 260 g/mol. The lowest BCUT2D eigenvalue weighted by Crippen LogP contribution is -2.19. The highest BCUT2D eigenvalue weighted by Crippen LogP contribution is 2.14. The van der Waals surface area contributed by atoms with Crippen molar-refractivity contribution in [3.63, 3.8) is 0 Å². The molecule has 0 aliphatic carbocycles. The molecular weight excluding hydrogens is 248 g/mol. The Labute approximate surface area is 108 Å². The maximum Gasteiger partial charge on any atom is 0.246 e. The molecule has 8 nitrogen and oxygen atoms in total. The second-order valence-electron chi connectivity index (χ2n) is 3.82. The lowest BCUT2D eigenvalue weighted by atomic mass is 10.2. The van der Waals surface area contributed by atoms with Crippen LogP contribution in [0.2, 0.25) is 0 Å². The maximum atomic E-state index is 11.7. The van der Waals surface area contributed by atoms with Gasteiger partial charge in [-0.25, -0.2) is 4.68 Å². The van der Waals surface area contributed by atoms with E-state index in [-0.39, 0.29) is 18.4 Å². The first kappa shape index (κ1) is 12.7. The number of benzene rings is 1. The van der Waals surface area contributed by atoms with Crippen LogP contribution in [0.15, 0.2) is 30.6 Å². The van der Waals surface area contributed by atoms with Crippen LogP contribution in [0.25, 0.3) is 0 Å². The van der Waals surface area contributed by atoms with Crippen molar-refractivity contribution in [1.82, 2.24) is 20.2 Å². The van der Waals surface area contributed by atoms with Gasteiger partial charge in [0.15, 0.2) is 0 Å². The Bertz CT molecular complexity index is 581. The zero-order valence-corrected chi connectivity index (χ0v) is 10.2. The highest BCUT2D eigenvalue weighted by Gasteiger charge is 2.05. The summed E-state index contributed by atoms with van der Waals surface area (Å²) in [5.74, 6) is -0.426. The molecule has 0 unspecified atom stereocenters. The van der Waals surface area contributed by atoms with Crippen LogP contribution in [0.5, 0.6) is 0 Å². The fourth-order valence-corrected chi connectivity index (χ4v) is 1.48. The molecule has 0 saturated heterocycles. The first-order valence-electron chi connectivity index (χ1n) is 5.52. The van der Waals surface area contributed by atoms with Gasteiger partial charge in [0, 0.05) is 18.3 Å². The molecule has 0 spiro atoms. The highest BCUT2D eigenvalue weighted by molar-refractivity contribution is 5.93. The molecule has 1 heterocycles. The first-order valence-corrected chi connectivity index (χ1v) is 5.52. The van der Waals surface area contributed by atoms with Gasteiger partial charge in [-0.3, -0.25) is 9.59 Å². The largest absolute Gasteiger partial charge is 0.326 e. The second-order valence-corrected chi connectivity index (χ2v) is 3.82. The summed E-state index contributed by atoms with van der Waals surface area (Å²) >= 11 is 0. The van der Waals surface area contributed by atoms with Crippen molar-refractivity contribution in [3.05, 3.63) is 30.6 Å². The van der Waals surface area contributed by atoms with Gasteiger partial charge in [-0.1, -0.05) is 6.07 Å². The van der Waals surface area contributed by atoms with Crippen molar-refractivity contribution in [2.75, 3.05) is 10.6 Å². The summed E-state index contributed by atoms with van der Waals surface area (Å²) in [6, 6.07) is 6.86. The molecule has 2 aromatic rings. The van der Waals surface area contributed by atoms with E-state index in [4.69, 9.17) is 0 Å². The van der Waals surface area contributed by atoms with Crippen LogP contribution in [-0.4, -0.2) is 32.0 Å². The normalized spacial score (nSPS) is 9.95. The molecule has 19 heavy (non-hydrogen) atoms. The van der Waals surface area contributed by atoms with Crippen molar-refractivity contribution >= 4 is 23.2 Å². The number of hydrogen-bond acceptors (Lipinski definition) is 5. The van der Waals surface area contributed by atoms with Gasteiger partial charge in [-0.2, -0.15) is 0 Å². The van der Waals surface area contributed by atoms with Crippen molar-refractivity contribution in [2.24, 2.45) is 0 Å². The number of tetrazole rings is 1. The van der Waals surface area contributed by atoms with Crippen LogP contribution in [0.4, 0.5) is 11.4 Å². The number of aromatic nitrogens is 4. The van der Waals surface area contributed by atoms with E-state index in [1.165, 1.54) is 17.9 Å². The Kier molecular flexibility index (Phi) is 3.81. The van der Waals surface area contributed by atoms with Gasteiger partial charge in [0.2, 0.25) is 11.8 Å².